The quantitative estimate of drug-likeness (QED) is 0.874. The van der Waals surface area contributed by atoms with Gasteiger partial charge in [0, 0.05) is 31.0 Å². The van der Waals surface area contributed by atoms with E-state index in [-0.39, 0.29) is 5.41 Å². The maximum absolute atomic E-state index is 5.37. The number of piperidine rings is 1. The Morgan fingerprint density at radius 3 is 3.18 bits per heavy atom. The molecule has 0 spiro atoms. The lowest BCUT2D eigenvalue weighted by Gasteiger charge is -2.37. The molecule has 1 aromatic heterocycles. The molecular weight excluding hydrogens is 302 g/mol. The first-order valence-electron chi connectivity index (χ1n) is 5.79. The van der Waals surface area contributed by atoms with Gasteiger partial charge in [-0.1, -0.05) is 0 Å². The number of halogens is 1. The number of hydrogen-bond donors (Lipinski definition) is 2. The van der Waals surface area contributed by atoms with Crippen LogP contribution in [0.3, 0.4) is 0 Å². The second-order valence-corrected chi connectivity index (χ2v) is 6.21. The Bertz CT molecular complexity index is 347. The Balaban J connectivity index is 1.93. The Morgan fingerprint density at radius 1 is 1.71 bits per heavy atom. The third kappa shape index (κ3) is 3.64. The van der Waals surface area contributed by atoms with Crippen LogP contribution in [0.25, 0.3) is 0 Å². The summed E-state index contributed by atoms with van der Waals surface area (Å²) in [4.78, 5) is 4.35. The van der Waals surface area contributed by atoms with Crippen molar-refractivity contribution in [1.29, 1.82) is 0 Å². The number of nitrogens with one attached hydrogen (secondary N) is 2. The van der Waals surface area contributed by atoms with Gasteiger partial charge < -0.3 is 15.4 Å². The molecule has 0 aromatic carbocycles. The molecule has 0 aliphatic carbocycles. The van der Waals surface area contributed by atoms with Gasteiger partial charge in [0.05, 0.1) is 6.61 Å². The molecule has 0 saturated carbocycles. The Kier molecular flexibility index (Phi) is 4.78. The summed E-state index contributed by atoms with van der Waals surface area (Å²) in [6.45, 7) is 3.84. The van der Waals surface area contributed by atoms with E-state index in [4.69, 9.17) is 4.74 Å². The van der Waals surface area contributed by atoms with E-state index in [1.54, 1.807) is 18.4 Å². The molecular formula is C11H18BrN3OS. The van der Waals surface area contributed by atoms with Crippen LogP contribution in [-0.2, 0) is 4.74 Å². The van der Waals surface area contributed by atoms with Gasteiger partial charge in [-0.15, -0.1) is 11.3 Å². The van der Waals surface area contributed by atoms with Crippen molar-refractivity contribution in [3.05, 3.63) is 9.98 Å². The molecule has 2 rings (SSSR count). The second kappa shape index (κ2) is 6.13. The monoisotopic (exact) mass is 319 g/mol. The third-order valence-electron chi connectivity index (χ3n) is 3.10. The summed E-state index contributed by atoms with van der Waals surface area (Å²) in [5.74, 6) is 0. The molecule has 96 valence electrons. The van der Waals surface area contributed by atoms with Gasteiger partial charge in [0.15, 0.2) is 5.13 Å². The van der Waals surface area contributed by atoms with E-state index in [2.05, 4.69) is 31.5 Å². The lowest BCUT2D eigenvalue weighted by molar-refractivity contribution is 0.0679. The number of aromatic nitrogens is 1. The fraction of sp³-hybridized carbons (Fsp3) is 0.727. The average molecular weight is 320 g/mol. The molecule has 2 N–H and O–H groups in total. The normalized spacial score (nSPS) is 24.8. The van der Waals surface area contributed by atoms with Crippen molar-refractivity contribution in [1.82, 2.24) is 10.3 Å². The van der Waals surface area contributed by atoms with Gasteiger partial charge in [-0.05, 0) is 35.3 Å². The minimum absolute atomic E-state index is 0.200. The maximum atomic E-state index is 5.37. The molecule has 0 amide bonds. The molecule has 1 fully saturated rings. The fourth-order valence-electron chi connectivity index (χ4n) is 2.26. The largest absolute Gasteiger partial charge is 0.384 e. The van der Waals surface area contributed by atoms with Crippen LogP contribution in [0.4, 0.5) is 5.13 Å². The number of nitrogens with zero attached hydrogens (tertiary/aromatic N) is 1. The van der Waals surface area contributed by atoms with Crippen molar-refractivity contribution >= 4 is 32.4 Å². The molecule has 4 nitrogen and oxygen atoms in total. The summed E-state index contributed by atoms with van der Waals surface area (Å²) in [5, 5.41) is 9.83. The summed E-state index contributed by atoms with van der Waals surface area (Å²) in [7, 11) is 1.77. The van der Waals surface area contributed by atoms with Crippen molar-refractivity contribution in [3.63, 3.8) is 0 Å². The maximum Gasteiger partial charge on any atom is 0.183 e. The van der Waals surface area contributed by atoms with E-state index < -0.39 is 0 Å². The summed E-state index contributed by atoms with van der Waals surface area (Å²) >= 11 is 4.99. The van der Waals surface area contributed by atoms with Crippen LogP contribution in [0.2, 0.25) is 0 Å². The molecule has 1 aliphatic rings. The standard InChI is InChI=1S/C11H18BrN3OS/c1-16-8-11(3-2-4-13-6-11)7-14-10-15-9(12)5-17-10/h5,13H,2-4,6-8H2,1H3,(H,14,15). The zero-order chi connectivity index (χ0) is 12.1. The van der Waals surface area contributed by atoms with Gasteiger partial charge in [0.25, 0.3) is 0 Å². The van der Waals surface area contributed by atoms with Crippen LogP contribution in [0.5, 0.6) is 0 Å². The van der Waals surface area contributed by atoms with Crippen molar-refractivity contribution < 1.29 is 4.74 Å². The predicted octanol–water partition coefficient (Wildman–Crippen LogP) is 2.33. The first-order chi connectivity index (χ1) is 8.24. The number of hydrogen-bond acceptors (Lipinski definition) is 5. The first kappa shape index (κ1) is 13.3. The molecule has 1 atom stereocenters. The lowest BCUT2D eigenvalue weighted by Crippen LogP contribution is -2.47. The van der Waals surface area contributed by atoms with Crippen LogP contribution >= 0.6 is 27.3 Å². The Morgan fingerprint density at radius 2 is 2.59 bits per heavy atom. The second-order valence-electron chi connectivity index (χ2n) is 4.54. The third-order valence-corrected chi connectivity index (χ3v) is 4.61. The summed E-state index contributed by atoms with van der Waals surface area (Å²) in [6.07, 6.45) is 2.42. The van der Waals surface area contributed by atoms with Gasteiger partial charge >= 0.3 is 0 Å². The number of rotatable bonds is 5. The molecule has 1 aromatic rings. The van der Waals surface area contributed by atoms with E-state index >= 15 is 0 Å². The minimum atomic E-state index is 0.200. The van der Waals surface area contributed by atoms with Crippen molar-refractivity contribution in [2.75, 3.05) is 38.7 Å². The molecule has 1 saturated heterocycles. The number of thiazole rings is 1. The van der Waals surface area contributed by atoms with Crippen LogP contribution in [0.15, 0.2) is 9.98 Å². The van der Waals surface area contributed by atoms with E-state index in [0.29, 0.717) is 0 Å². The first-order valence-corrected chi connectivity index (χ1v) is 7.46. The molecule has 0 bridgehead atoms. The Hall–Kier alpha value is -0.170. The molecule has 17 heavy (non-hydrogen) atoms. The lowest BCUT2D eigenvalue weighted by atomic mass is 9.81. The summed E-state index contributed by atoms with van der Waals surface area (Å²) in [6, 6.07) is 0. The van der Waals surface area contributed by atoms with Gasteiger partial charge in [-0.3, -0.25) is 0 Å². The van der Waals surface area contributed by atoms with Crippen molar-refractivity contribution in [2.45, 2.75) is 12.8 Å². The fourth-order valence-corrected chi connectivity index (χ4v) is 3.40. The highest BCUT2D eigenvalue weighted by atomic mass is 79.9. The van der Waals surface area contributed by atoms with Crippen molar-refractivity contribution in [3.8, 4) is 0 Å². The van der Waals surface area contributed by atoms with Gasteiger partial charge in [0.2, 0.25) is 0 Å². The highest BCUT2D eigenvalue weighted by molar-refractivity contribution is 9.10. The zero-order valence-electron chi connectivity index (χ0n) is 9.96. The number of methoxy groups -OCH3 is 1. The highest BCUT2D eigenvalue weighted by Crippen LogP contribution is 2.28. The van der Waals surface area contributed by atoms with E-state index in [0.717, 1.165) is 36.0 Å². The van der Waals surface area contributed by atoms with Crippen molar-refractivity contribution in [2.24, 2.45) is 5.41 Å². The Labute approximate surface area is 114 Å². The predicted molar refractivity (Wildman–Crippen MR) is 74.7 cm³/mol. The average Bonchev–Trinajstić information content (AvgIpc) is 2.75. The van der Waals surface area contributed by atoms with Crippen LogP contribution in [0, 0.1) is 5.41 Å². The summed E-state index contributed by atoms with van der Waals surface area (Å²) < 4.78 is 6.27. The smallest absolute Gasteiger partial charge is 0.183 e. The summed E-state index contributed by atoms with van der Waals surface area (Å²) in [5.41, 5.74) is 0.200. The van der Waals surface area contributed by atoms with Gasteiger partial charge in [-0.2, -0.15) is 0 Å². The topological polar surface area (TPSA) is 46.2 Å². The van der Waals surface area contributed by atoms with Gasteiger partial charge in [-0.25, -0.2) is 4.98 Å². The number of anilines is 1. The molecule has 1 unspecified atom stereocenters. The molecule has 1 aliphatic heterocycles. The highest BCUT2D eigenvalue weighted by Gasteiger charge is 2.32. The van der Waals surface area contributed by atoms with Crippen LogP contribution in [-0.4, -0.2) is 38.3 Å². The van der Waals surface area contributed by atoms with Gasteiger partial charge in [0.1, 0.15) is 4.60 Å². The van der Waals surface area contributed by atoms with E-state index in [1.807, 2.05) is 5.38 Å². The van der Waals surface area contributed by atoms with Crippen LogP contribution < -0.4 is 10.6 Å². The number of ether oxygens (including phenoxy) is 1. The molecule has 0 radical (unpaired) electrons. The molecule has 2 heterocycles. The van der Waals surface area contributed by atoms with E-state index in [1.165, 1.54) is 12.8 Å². The zero-order valence-corrected chi connectivity index (χ0v) is 12.4. The SMILES string of the molecule is COCC1(CNc2nc(Br)cs2)CCCNC1. The molecule has 6 heteroatoms. The van der Waals surface area contributed by atoms with Crippen LogP contribution in [0.1, 0.15) is 12.8 Å². The van der Waals surface area contributed by atoms with E-state index in [9.17, 15) is 0 Å². The minimum Gasteiger partial charge on any atom is -0.384 e.